The third-order valence-electron chi connectivity index (χ3n) is 2.57. The summed E-state index contributed by atoms with van der Waals surface area (Å²) in [5.74, 6) is 0.523. The van der Waals surface area contributed by atoms with Crippen molar-refractivity contribution in [3.63, 3.8) is 0 Å². The van der Waals surface area contributed by atoms with Crippen molar-refractivity contribution in [3.05, 3.63) is 0 Å². The van der Waals surface area contributed by atoms with Crippen molar-refractivity contribution in [2.75, 3.05) is 0 Å². The van der Waals surface area contributed by atoms with Crippen LogP contribution in [0.5, 0.6) is 0 Å². The topological polar surface area (TPSA) is 32.7 Å². The summed E-state index contributed by atoms with van der Waals surface area (Å²) >= 11 is 0. The number of rotatable bonds is 3. The molecular weight excluding hydrogens is 164 g/mol. The van der Waals surface area contributed by atoms with Gasteiger partial charge in [-0.1, -0.05) is 20.3 Å². The minimum Gasteiger partial charge on any atom is -0.273 e. The molecule has 1 rings (SSSR count). The van der Waals surface area contributed by atoms with Crippen molar-refractivity contribution in [1.29, 1.82) is 0 Å². The average Bonchev–Trinajstić information content (AvgIpc) is 2.48. The predicted octanol–water partition coefficient (Wildman–Crippen LogP) is 2.03. The van der Waals surface area contributed by atoms with Gasteiger partial charge in [0.15, 0.2) is 0 Å². The van der Waals surface area contributed by atoms with E-state index in [2.05, 4.69) is 18.9 Å². The summed E-state index contributed by atoms with van der Waals surface area (Å²) in [6, 6.07) is 0.312. The molecule has 0 aromatic rings. The SMILES string of the molecule is CCCC1C(CC)C=NN1C(C)=O. The summed E-state index contributed by atoms with van der Waals surface area (Å²) in [6.45, 7) is 5.87. The summed E-state index contributed by atoms with van der Waals surface area (Å²) in [5.41, 5.74) is 0. The molecular formula is C10H18N2O. The quantitative estimate of drug-likeness (QED) is 0.657. The first kappa shape index (κ1) is 10.2. The Bertz CT molecular complexity index is 213. The van der Waals surface area contributed by atoms with E-state index < -0.39 is 0 Å². The van der Waals surface area contributed by atoms with Crippen LogP contribution in [0.2, 0.25) is 0 Å². The highest BCUT2D eigenvalue weighted by Crippen LogP contribution is 2.24. The van der Waals surface area contributed by atoms with Gasteiger partial charge in [0.2, 0.25) is 5.91 Å². The van der Waals surface area contributed by atoms with E-state index in [1.165, 1.54) is 0 Å². The fourth-order valence-electron chi connectivity index (χ4n) is 1.85. The van der Waals surface area contributed by atoms with Gasteiger partial charge in [0, 0.05) is 19.1 Å². The summed E-state index contributed by atoms with van der Waals surface area (Å²) in [4.78, 5) is 11.2. The molecule has 13 heavy (non-hydrogen) atoms. The van der Waals surface area contributed by atoms with E-state index >= 15 is 0 Å². The molecule has 3 heteroatoms. The molecule has 0 aromatic carbocycles. The number of nitrogens with zero attached hydrogens (tertiary/aromatic N) is 2. The van der Waals surface area contributed by atoms with Crippen LogP contribution in [-0.2, 0) is 4.79 Å². The second kappa shape index (κ2) is 4.40. The van der Waals surface area contributed by atoms with Crippen LogP contribution in [0.25, 0.3) is 0 Å². The molecule has 2 unspecified atom stereocenters. The zero-order chi connectivity index (χ0) is 9.84. The highest BCUT2D eigenvalue weighted by atomic mass is 16.2. The molecule has 0 N–H and O–H groups in total. The Labute approximate surface area is 79.8 Å². The number of amides is 1. The van der Waals surface area contributed by atoms with E-state index in [1.807, 2.05) is 6.21 Å². The molecule has 1 amide bonds. The Morgan fingerprint density at radius 1 is 1.54 bits per heavy atom. The first-order valence-corrected chi connectivity index (χ1v) is 5.04. The van der Waals surface area contributed by atoms with Crippen LogP contribution < -0.4 is 0 Å². The van der Waals surface area contributed by atoms with Crippen LogP contribution in [0.15, 0.2) is 5.10 Å². The van der Waals surface area contributed by atoms with Crippen molar-refractivity contribution >= 4 is 12.1 Å². The van der Waals surface area contributed by atoms with Gasteiger partial charge >= 0.3 is 0 Å². The first-order chi connectivity index (χ1) is 6.20. The van der Waals surface area contributed by atoms with Crippen LogP contribution in [0.4, 0.5) is 0 Å². The van der Waals surface area contributed by atoms with Crippen LogP contribution in [0.3, 0.4) is 0 Å². The van der Waals surface area contributed by atoms with Gasteiger partial charge in [0.05, 0.1) is 6.04 Å². The second-order valence-electron chi connectivity index (χ2n) is 3.56. The number of hydrazone groups is 1. The molecule has 0 fully saturated rings. The van der Waals surface area contributed by atoms with E-state index in [0.29, 0.717) is 12.0 Å². The normalized spacial score (nSPS) is 26.8. The molecule has 0 saturated heterocycles. The average molecular weight is 182 g/mol. The molecule has 3 nitrogen and oxygen atoms in total. The number of hydrogen-bond acceptors (Lipinski definition) is 2. The van der Waals surface area contributed by atoms with Gasteiger partial charge in [-0.3, -0.25) is 4.79 Å². The van der Waals surface area contributed by atoms with Crippen LogP contribution in [0.1, 0.15) is 40.0 Å². The van der Waals surface area contributed by atoms with E-state index in [4.69, 9.17) is 0 Å². The van der Waals surface area contributed by atoms with E-state index in [9.17, 15) is 4.79 Å². The lowest BCUT2D eigenvalue weighted by Gasteiger charge is -2.24. The van der Waals surface area contributed by atoms with Gasteiger partial charge < -0.3 is 0 Å². The lowest BCUT2D eigenvalue weighted by Crippen LogP contribution is -2.35. The van der Waals surface area contributed by atoms with Crippen LogP contribution >= 0.6 is 0 Å². The zero-order valence-corrected chi connectivity index (χ0v) is 8.66. The zero-order valence-electron chi connectivity index (χ0n) is 8.66. The summed E-state index contributed by atoms with van der Waals surface area (Å²) in [5, 5.41) is 5.78. The molecule has 2 atom stereocenters. The van der Waals surface area contributed by atoms with Crippen molar-refractivity contribution in [3.8, 4) is 0 Å². The maximum Gasteiger partial charge on any atom is 0.239 e. The predicted molar refractivity (Wildman–Crippen MR) is 53.5 cm³/mol. The molecule has 74 valence electrons. The van der Waals surface area contributed by atoms with Crippen molar-refractivity contribution in [1.82, 2.24) is 5.01 Å². The van der Waals surface area contributed by atoms with Gasteiger partial charge in [-0.05, 0) is 12.8 Å². The van der Waals surface area contributed by atoms with E-state index in [0.717, 1.165) is 19.3 Å². The molecule has 1 aliphatic heterocycles. The minimum atomic E-state index is 0.0608. The lowest BCUT2D eigenvalue weighted by atomic mass is 9.95. The third kappa shape index (κ3) is 2.08. The fourth-order valence-corrected chi connectivity index (χ4v) is 1.85. The lowest BCUT2D eigenvalue weighted by molar-refractivity contribution is -0.131. The smallest absolute Gasteiger partial charge is 0.239 e. The fraction of sp³-hybridized carbons (Fsp3) is 0.800. The maximum absolute atomic E-state index is 11.2. The number of hydrogen-bond donors (Lipinski definition) is 0. The van der Waals surface area contributed by atoms with Gasteiger partial charge in [-0.2, -0.15) is 5.10 Å². The standard InChI is InChI=1S/C10H18N2O/c1-4-6-10-9(5-2)7-11-12(10)8(3)13/h7,9-10H,4-6H2,1-3H3. The maximum atomic E-state index is 11.2. The third-order valence-corrected chi connectivity index (χ3v) is 2.57. The molecule has 0 bridgehead atoms. The summed E-state index contributed by atoms with van der Waals surface area (Å²) in [6.07, 6.45) is 5.14. The monoisotopic (exact) mass is 182 g/mol. The Hall–Kier alpha value is -0.860. The Balaban J connectivity index is 2.66. The molecule has 1 heterocycles. The molecule has 0 radical (unpaired) electrons. The molecule has 0 aliphatic carbocycles. The van der Waals surface area contributed by atoms with Gasteiger partial charge in [0.1, 0.15) is 0 Å². The Morgan fingerprint density at radius 2 is 2.23 bits per heavy atom. The molecule has 0 saturated carbocycles. The molecule has 1 aliphatic rings. The first-order valence-electron chi connectivity index (χ1n) is 5.04. The van der Waals surface area contributed by atoms with E-state index in [1.54, 1.807) is 11.9 Å². The second-order valence-corrected chi connectivity index (χ2v) is 3.56. The largest absolute Gasteiger partial charge is 0.273 e. The van der Waals surface area contributed by atoms with Crippen LogP contribution in [-0.4, -0.2) is 23.2 Å². The summed E-state index contributed by atoms with van der Waals surface area (Å²) < 4.78 is 0. The number of carbonyl (C=O) groups is 1. The van der Waals surface area contributed by atoms with Crippen molar-refractivity contribution in [2.24, 2.45) is 11.0 Å². The highest BCUT2D eigenvalue weighted by molar-refractivity contribution is 5.78. The number of carbonyl (C=O) groups excluding carboxylic acids is 1. The van der Waals surface area contributed by atoms with E-state index in [-0.39, 0.29) is 5.91 Å². The van der Waals surface area contributed by atoms with Crippen LogP contribution in [0, 0.1) is 5.92 Å². The molecule has 0 spiro atoms. The van der Waals surface area contributed by atoms with Gasteiger partial charge in [-0.15, -0.1) is 0 Å². The summed E-state index contributed by atoms with van der Waals surface area (Å²) in [7, 11) is 0. The van der Waals surface area contributed by atoms with Crippen molar-refractivity contribution in [2.45, 2.75) is 46.1 Å². The highest BCUT2D eigenvalue weighted by Gasteiger charge is 2.30. The molecule has 0 aromatic heterocycles. The van der Waals surface area contributed by atoms with Crippen molar-refractivity contribution < 1.29 is 4.79 Å². The van der Waals surface area contributed by atoms with Gasteiger partial charge in [-0.25, -0.2) is 5.01 Å². The Kier molecular flexibility index (Phi) is 3.46. The van der Waals surface area contributed by atoms with Gasteiger partial charge in [0.25, 0.3) is 0 Å². The Morgan fingerprint density at radius 3 is 2.69 bits per heavy atom. The minimum absolute atomic E-state index is 0.0608.